The van der Waals surface area contributed by atoms with Crippen molar-refractivity contribution in [1.82, 2.24) is 10.6 Å². The Morgan fingerprint density at radius 2 is 2.17 bits per heavy atom. The number of para-hydroxylation sites is 1. The molecule has 0 aliphatic carbocycles. The molecule has 5 heteroatoms. The van der Waals surface area contributed by atoms with Crippen molar-refractivity contribution in [3.05, 3.63) is 29.8 Å². The number of rotatable bonds is 4. The Morgan fingerprint density at radius 1 is 1.39 bits per heavy atom. The maximum atomic E-state index is 11.9. The summed E-state index contributed by atoms with van der Waals surface area (Å²) in [6, 6.07) is 7.89. The van der Waals surface area contributed by atoms with Crippen LogP contribution in [0.15, 0.2) is 24.3 Å². The Kier molecular flexibility index (Phi) is 5.95. The van der Waals surface area contributed by atoms with Crippen molar-refractivity contribution in [2.24, 2.45) is 5.92 Å². The van der Waals surface area contributed by atoms with Gasteiger partial charge in [-0.05, 0) is 25.1 Å². The predicted octanol–water partition coefficient (Wildman–Crippen LogP) is 0.995. The summed E-state index contributed by atoms with van der Waals surface area (Å²) in [4.78, 5) is 11.9. The van der Waals surface area contributed by atoms with Crippen molar-refractivity contribution in [2.45, 2.75) is 6.42 Å². The van der Waals surface area contributed by atoms with E-state index in [1.165, 1.54) is 0 Å². The highest BCUT2D eigenvalue weighted by molar-refractivity contribution is 5.85. The number of carbonyl (C=O) groups excluding carboxylic acids is 1. The molecule has 0 spiro atoms. The highest BCUT2D eigenvalue weighted by Gasteiger charge is 2.25. The van der Waals surface area contributed by atoms with E-state index in [-0.39, 0.29) is 24.2 Å². The third-order valence-corrected chi connectivity index (χ3v) is 2.92. The van der Waals surface area contributed by atoms with Crippen molar-refractivity contribution >= 4 is 18.3 Å². The standard InChI is InChI=1S/C13H18N2O2.ClH/c1-14-6-7-15-13(16)11-8-10-4-2-3-5-12(10)17-9-11;/h2-5,11,14H,6-9H2,1H3,(H,15,16);1H. The van der Waals surface area contributed by atoms with Gasteiger partial charge in [-0.1, -0.05) is 18.2 Å². The van der Waals surface area contributed by atoms with E-state index in [4.69, 9.17) is 4.74 Å². The van der Waals surface area contributed by atoms with Gasteiger partial charge in [-0.15, -0.1) is 12.4 Å². The highest BCUT2D eigenvalue weighted by atomic mass is 35.5. The van der Waals surface area contributed by atoms with E-state index >= 15 is 0 Å². The minimum absolute atomic E-state index is 0. The molecule has 1 heterocycles. The topological polar surface area (TPSA) is 50.4 Å². The van der Waals surface area contributed by atoms with Gasteiger partial charge in [0.1, 0.15) is 12.4 Å². The number of fused-ring (bicyclic) bond motifs is 1. The van der Waals surface area contributed by atoms with Gasteiger partial charge in [-0.2, -0.15) is 0 Å². The highest BCUT2D eigenvalue weighted by Crippen LogP contribution is 2.26. The molecule has 0 aromatic heterocycles. The first-order valence-corrected chi connectivity index (χ1v) is 5.94. The fourth-order valence-corrected chi connectivity index (χ4v) is 1.95. The molecule has 1 aromatic carbocycles. The van der Waals surface area contributed by atoms with Gasteiger partial charge >= 0.3 is 0 Å². The molecule has 0 saturated carbocycles. The molecule has 1 atom stereocenters. The summed E-state index contributed by atoms with van der Waals surface area (Å²) in [5.41, 5.74) is 1.12. The van der Waals surface area contributed by atoms with Crippen LogP contribution in [0.1, 0.15) is 5.56 Å². The molecule has 1 amide bonds. The van der Waals surface area contributed by atoms with Crippen molar-refractivity contribution in [3.63, 3.8) is 0 Å². The third kappa shape index (κ3) is 3.62. The average Bonchev–Trinajstić information content (AvgIpc) is 2.38. The second kappa shape index (κ2) is 7.24. The van der Waals surface area contributed by atoms with E-state index in [0.717, 1.165) is 24.3 Å². The Bertz CT molecular complexity index is 398. The van der Waals surface area contributed by atoms with Crippen LogP contribution < -0.4 is 15.4 Å². The number of halogens is 1. The van der Waals surface area contributed by atoms with E-state index in [1.807, 2.05) is 31.3 Å². The summed E-state index contributed by atoms with van der Waals surface area (Å²) in [6.07, 6.45) is 0.765. The number of ether oxygens (including phenoxy) is 1. The van der Waals surface area contributed by atoms with Gasteiger partial charge < -0.3 is 15.4 Å². The zero-order valence-corrected chi connectivity index (χ0v) is 11.3. The first-order chi connectivity index (χ1) is 8.31. The minimum Gasteiger partial charge on any atom is -0.492 e. The maximum absolute atomic E-state index is 11.9. The molecule has 0 radical (unpaired) electrons. The second-order valence-corrected chi connectivity index (χ2v) is 4.21. The lowest BCUT2D eigenvalue weighted by atomic mass is 9.96. The summed E-state index contributed by atoms with van der Waals surface area (Å²) >= 11 is 0. The first-order valence-electron chi connectivity index (χ1n) is 5.94. The van der Waals surface area contributed by atoms with Gasteiger partial charge in [-0.3, -0.25) is 4.79 Å². The zero-order chi connectivity index (χ0) is 12.1. The van der Waals surface area contributed by atoms with Gasteiger partial charge in [0.15, 0.2) is 0 Å². The fraction of sp³-hybridized carbons (Fsp3) is 0.462. The summed E-state index contributed by atoms with van der Waals surface area (Å²) in [5.74, 6) is 0.920. The Balaban J connectivity index is 0.00000162. The second-order valence-electron chi connectivity index (χ2n) is 4.21. The smallest absolute Gasteiger partial charge is 0.226 e. The van der Waals surface area contributed by atoms with Crippen molar-refractivity contribution < 1.29 is 9.53 Å². The van der Waals surface area contributed by atoms with Crippen LogP contribution in [-0.4, -0.2) is 32.7 Å². The van der Waals surface area contributed by atoms with Gasteiger partial charge in [0.2, 0.25) is 5.91 Å². The molecule has 0 fully saturated rings. The molecule has 1 aromatic rings. The molecule has 4 nitrogen and oxygen atoms in total. The predicted molar refractivity (Wildman–Crippen MR) is 73.3 cm³/mol. The monoisotopic (exact) mass is 270 g/mol. The Hall–Kier alpha value is -1.26. The van der Waals surface area contributed by atoms with Gasteiger partial charge in [0.05, 0.1) is 5.92 Å². The van der Waals surface area contributed by atoms with Crippen molar-refractivity contribution in [1.29, 1.82) is 0 Å². The van der Waals surface area contributed by atoms with Crippen LogP contribution in [0.5, 0.6) is 5.75 Å². The number of benzene rings is 1. The summed E-state index contributed by atoms with van der Waals surface area (Å²) < 4.78 is 5.59. The summed E-state index contributed by atoms with van der Waals surface area (Å²) in [6.45, 7) is 1.92. The van der Waals surface area contributed by atoms with Crippen molar-refractivity contribution in [2.75, 3.05) is 26.7 Å². The van der Waals surface area contributed by atoms with Gasteiger partial charge in [0.25, 0.3) is 0 Å². The van der Waals surface area contributed by atoms with Crippen LogP contribution in [0, 0.1) is 5.92 Å². The van der Waals surface area contributed by atoms with E-state index in [0.29, 0.717) is 13.2 Å². The van der Waals surface area contributed by atoms with Crippen LogP contribution in [0.2, 0.25) is 0 Å². The third-order valence-electron chi connectivity index (χ3n) is 2.92. The number of nitrogens with one attached hydrogen (secondary N) is 2. The van der Waals surface area contributed by atoms with Crippen LogP contribution in [-0.2, 0) is 11.2 Å². The lowest BCUT2D eigenvalue weighted by Gasteiger charge is -2.24. The Morgan fingerprint density at radius 3 is 2.94 bits per heavy atom. The number of likely N-dealkylation sites (N-methyl/N-ethyl adjacent to an activating group) is 1. The molecule has 1 aliphatic rings. The van der Waals surface area contributed by atoms with Crippen LogP contribution in [0.25, 0.3) is 0 Å². The molecule has 18 heavy (non-hydrogen) atoms. The SMILES string of the molecule is CNCCNC(=O)C1COc2ccccc2C1.Cl. The molecule has 2 N–H and O–H groups in total. The quantitative estimate of drug-likeness (QED) is 0.803. The van der Waals surface area contributed by atoms with E-state index in [2.05, 4.69) is 10.6 Å². The number of amides is 1. The summed E-state index contributed by atoms with van der Waals surface area (Å²) in [7, 11) is 1.87. The van der Waals surface area contributed by atoms with Crippen molar-refractivity contribution in [3.8, 4) is 5.75 Å². The molecular weight excluding hydrogens is 252 g/mol. The normalized spacial score (nSPS) is 17.1. The maximum Gasteiger partial charge on any atom is 0.226 e. The van der Waals surface area contributed by atoms with Crippen LogP contribution >= 0.6 is 12.4 Å². The minimum atomic E-state index is -0.0678. The zero-order valence-electron chi connectivity index (χ0n) is 10.4. The molecule has 100 valence electrons. The van der Waals surface area contributed by atoms with Gasteiger partial charge in [-0.25, -0.2) is 0 Å². The largest absolute Gasteiger partial charge is 0.492 e. The van der Waals surface area contributed by atoms with E-state index in [1.54, 1.807) is 0 Å². The molecule has 0 bridgehead atoms. The number of hydrogen-bond donors (Lipinski definition) is 2. The molecule has 1 unspecified atom stereocenters. The summed E-state index contributed by atoms with van der Waals surface area (Å²) in [5, 5.41) is 5.90. The lowest BCUT2D eigenvalue weighted by Crippen LogP contribution is -2.39. The van der Waals surface area contributed by atoms with Crippen LogP contribution in [0.4, 0.5) is 0 Å². The van der Waals surface area contributed by atoms with E-state index in [9.17, 15) is 4.79 Å². The Labute approximate surface area is 114 Å². The first kappa shape index (κ1) is 14.8. The average molecular weight is 271 g/mol. The molecular formula is C13H19ClN2O2. The lowest BCUT2D eigenvalue weighted by molar-refractivity contribution is -0.126. The molecule has 1 aliphatic heterocycles. The van der Waals surface area contributed by atoms with E-state index < -0.39 is 0 Å². The van der Waals surface area contributed by atoms with Crippen LogP contribution in [0.3, 0.4) is 0 Å². The van der Waals surface area contributed by atoms with Gasteiger partial charge in [0, 0.05) is 13.1 Å². The molecule has 0 saturated heterocycles. The number of hydrogen-bond acceptors (Lipinski definition) is 3. The molecule has 2 rings (SSSR count). The fourth-order valence-electron chi connectivity index (χ4n) is 1.95. The number of carbonyl (C=O) groups is 1.